The minimum atomic E-state index is -0.123. The van der Waals surface area contributed by atoms with Crippen molar-refractivity contribution < 1.29 is 14.3 Å². The summed E-state index contributed by atoms with van der Waals surface area (Å²) in [5.41, 5.74) is 6.71. The predicted octanol–water partition coefficient (Wildman–Crippen LogP) is 2.71. The van der Waals surface area contributed by atoms with Crippen LogP contribution in [0.4, 0.5) is 5.69 Å². The molecule has 6 nitrogen and oxygen atoms in total. The third-order valence-electron chi connectivity index (χ3n) is 4.68. The first kappa shape index (κ1) is 16.4. The van der Waals surface area contributed by atoms with Crippen molar-refractivity contribution in [3.63, 3.8) is 0 Å². The Bertz CT molecular complexity index is 863. The summed E-state index contributed by atoms with van der Waals surface area (Å²) in [5.74, 6) is 1.31. The van der Waals surface area contributed by atoms with Crippen LogP contribution < -0.4 is 19.8 Å². The van der Waals surface area contributed by atoms with E-state index in [1.807, 2.05) is 37.3 Å². The van der Waals surface area contributed by atoms with Gasteiger partial charge in [0.1, 0.15) is 0 Å². The Balaban J connectivity index is 1.40. The van der Waals surface area contributed by atoms with Gasteiger partial charge in [-0.3, -0.25) is 4.79 Å². The molecule has 6 heteroatoms. The average Bonchev–Trinajstić information content (AvgIpc) is 3.14. The lowest BCUT2D eigenvalue weighted by molar-refractivity contribution is -0.119. The number of hydrogen-bond donors (Lipinski definition) is 1. The van der Waals surface area contributed by atoms with Gasteiger partial charge in [0.05, 0.1) is 12.3 Å². The number of aryl methyl sites for hydroxylation is 1. The van der Waals surface area contributed by atoms with Gasteiger partial charge in [0.15, 0.2) is 11.5 Å². The van der Waals surface area contributed by atoms with Crippen LogP contribution in [0.15, 0.2) is 47.6 Å². The smallest absolute Gasteiger partial charge is 0.259 e. The number of fused-ring (bicyclic) bond motifs is 2. The van der Waals surface area contributed by atoms with Gasteiger partial charge in [-0.1, -0.05) is 18.2 Å². The highest BCUT2D eigenvalue weighted by Gasteiger charge is 2.18. The van der Waals surface area contributed by atoms with Crippen molar-refractivity contribution in [1.29, 1.82) is 0 Å². The average molecular weight is 351 g/mol. The van der Waals surface area contributed by atoms with Crippen molar-refractivity contribution in [1.82, 2.24) is 5.43 Å². The number of amides is 1. The summed E-state index contributed by atoms with van der Waals surface area (Å²) in [7, 11) is 0. The van der Waals surface area contributed by atoms with Gasteiger partial charge in [-0.2, -0.15) is 5.10 Å². The second kappa shape index (κ2) is 7.07. The quantitative estimate of drug-likeness (QED) is 0.680. The van der Waals surface area contributed by atoms with Crippen molar-refractivity contribution in [2.75, 3.05) is 24.8 Å². The van der Waals surface area contributed by atoms with E-state index in [4.69, 9.17) is 9.47 Å². The molecular formula is C20H21N3O3. The molecule has 2 aliphatic heterocycles. The zero-order valence-electron chi connectivity index (χ0n) is 14.7. The van der Waals surface area contributed by atoms with Gasteiger partial charge in [-0.15, -0.1) is 0 Å². The van der Waals surface area contributed by atoms with Crippen LogP contribution in [0.25, 0.3) is 0 Å². The second-order valence-corrected chi connectivity index (χ2v) is 6.45. The summed E-state index contributed by atoms with van der Waals surface area (Å²) < 4.78 is 10.7. The Morgan fingerprint density at radius 3 is 2.96 bits per heavy atom. The van der Waals surface area contributed by atoms with Gasteiger partial charge < -0.3 is 14.4 Å². The normalized spacial score (nSPS) is 15.6. The molecule has 0 aliphatic carbocycles. The number of nitrogens with one attached hydrogen (secondary N) is 1. The van der Waals surface area contributed by atoms with Crippen LogP contribution >= 0.6 is 0 Å². The monoisotopic (exact) mass is 351 g/mol. The Morgan fingerprint density at radius 2 is 2.04 bits per heavy atom. The zero-order chi connectivity index (χ0) is 17.9. The number of nitrogens with zero attached hydrogens (tertiary/aromatic N) is 2. The first-order valence-electron chi connectivity index (χ1n) is 8.77. The molecule has 2 aliphatic rings. The molecule has 1 amide bonds. The molecule has 0 saturated heterocycles. The number of rotatable bonds is 4. The van der Waals surface area contributed by atoms with Crippen LogP contribution in [0.5, 0.6) is 11.5 Å². The minimum Gasteiger partial charge on any atom is -0.454 e. The van der Waals surface area contributed by atoms with E-state index in [0.717, 1.165) is 42.1 Å². The van der Waals surface area contributed by atoms with E-state index in [2.05, 4.69) is 27.6 Å². The van der Waals surface area contributed by atoms with Crippen molar-refractivity contribution in [3.8, 4) is 11.5 Å². The molecule has 1 N–H and O–H groups in total. The SMILES string of the molecule is C/C(=N/NC(=O)CN1CCCc2ccccc21)c1ccc2c(c1)OCO2. The minimum absolute atomic E-state index is 0.123. The lowest BCUT2D eigenvalue weighted by Gasteiger charge is -2.30. The Hall–Kier alpha value is -3.02. The summed E-state index contributed by atoms with van der Waals surface area (Å²) in [5, 5.41) is 4.24. The highest BCUT2D eigenvalue weighted by Crippen LogP contribution is 2.32. The number of ether oxygens (including phenoxy) is 2. The molecule has 0 atom stereocenters. The van der Waals surface area contributed by atoms with E-state index in [0.29, 0.717) is 12.3 Å². The number of hydrogen-bond acceptors (Lipinski definition) is 5. The predicted molar refractivity (Wildman–Crippen MR) is 99.9 cm³/mol. The highest BCUT2D eigenvalue weighted by atomic mass is 16.7. The molecule has 0 aromatic heterocycles. The number of carbonyl (C=O) groups excluding carboxylic acids is 1. The van der Waals surface area contributed by atoms with Crippen LogP contribution in [-0.2, 0) is 11.2 Å². The summed E-state index contributed by atoms with van der Waals surface area (Å²) in [6.45, 7) is 3.28. The molecule has 26 heavy (non-hydrogen) atoms. The molecule has 0 saturated carbocycles. The van der Waals surface area contributed by atoms with E-state index < -0.39 is 0 Å². The fraction of sp³-hybridized carbons (Fsp3) is 0.300. The van der Waals surface area contributed by atoms with Crippen LogP contribution in [0, 0.1) is 0 Å². The maximum Gasteiger partial charge on any atom is 0.259 e. The van der Waals surface area contributed by atoms with E-state index in [1.165, 1.54) is 5.56 Å². The van der Waals surface area contributed by atoms with Gasteiger partial charge in [0.2, 0.25) is 6.79 Å². The van der Waals surface area contributed by atoms with Crippen LogP contribution in [0.1, 0.15) is 24.5 Å². The first-order chi connectivity index (χ1) is 12.7. The summed E-state index contributed by atoms with van der Waals surface area (Å²) in [6, 6.07) is 13.9. The maximum atomic E-state index is 12.3. The first-order valence-corrected chi connectivity index (χ1v) is 8.77. The van der Waals surface area contributed by atoms with E-state index >= 15 is 0 Å². The number of hydrazone groups is 1. The molecule has 0 fully saturated rings. The summed E-state index contributed by atoms with van der Waals surface area (Å²) in [6.07, 6.45) is 2.12. The molecule has 0 spiro atoms. The van der Waals surface area contributed by atoms with E-state index in [1.54, 1.807) is 0 Å². The van der Waals surface area contributed by atoms with Crippen molar-refractivity contribution in [3.05, 3.63) is 53.6 Å². The third-order valence-corrected chi connectivity index (χ3v) is 4.68. The number of benzene rings is 2. The fourth-order valence-electron chi connectivity index (χ4n) is 3.32. The van der Waals surface area contributed by atoms with Crippen LogP contribution in [0.2, 0.25) is 0 Å². The molecule has 0 unspecified atom stereocenters. The van der Waals surface area contributed by atoms with E-state index in [-0.39, 0.29) is 12.7 Å². The van der Waals surface area contributed by atoms with Gasteiger partial charge in [-0.25, -0.2) is 5.43 Å². The molecule has 134 valence electrons. The highest BCUT2D eigenvalue weighted by molar-refractivity contribution is 6.00. The maximum absolute atomic E-state index is 12.3. The molecule has 2 heterocycles. The summed E-state index contributed by atoms with van der Waals surface area (Å²) in [4.78, 5) is 14.5. The molecule has 0 bridgehead atoms. The summed E-state index contributed by atoms with van der Waals surface area (Å²) >= 11 is 0. The standard InChI is InChI=1S/C20H21N3O3/c1-14(16-8-9-18-19(11-16)26-13-25-18)21-22-20(24)12-23-10-4-6-15-5-2-3-7-17(15)23/h2-3,5,7-9,11H,4,6,10,12-13H2,1H3,(H,22,24)/b21-14-. The van der Waals surface area contributed by atoms with Crippen molar-refractivity contribution in [2.24, 2.45) is 5.10 Å². The Kier molecular flexibility index (Phi) is 4.48. The Morgan fingerprint density at radius 1 is 1.19 bits per heavy atom. The third kappa shape index (κ3) is 3.35. The van der Waals surface area contributed by atoms with Crippen molar-refractivity contribution in [2.45, 2.75) is 19.8 Å². The lowest BCUT2D eigenvalue weighted by atomic mass is 10.0. The van der Waals surface area contributed by atoms with Gasteiger partial charge in [0.25, 0.3) is 5.91 Å². The van der Waals surface area contributed by atoms with Crippen LogP contribution in [-0.4, -0.2) is 31.5 Å². The molecule has 4 rings (SSSR count). The topological polar surface area (TPSA) is 63.2 Å². The largest absolute Gasteiger partial charge is 0.454 e. The van der Waals surface area contributed by atoms with Gasteiger partial charge >= 0.3 is 0 Å². The second-order valence-electron chi connectivity index (χ2n) is 6.45. The van der Waals surface area contributed by atoms with Crippen LogP contribution in [0.3, 0.4) is 0 Å². The molecule has 2 aromatic rings. The zero-order valence-corrected chi connectivity index (χ0v) is 14.7. The van der Waals surface area contributed by atoms with Gasteiger partial charge in [0, 0.05) is 17.8 Å². The number of anilines is 1. The fourth-order valence-corrected chi connectivity index (χ4v) is 3.32. The Labute approximate surface area is 152 Å². The molecule has 2 aromatic carbocycles. The lowest BCUT2D eigenvalue weighted by Crippen LogP contribution is -2.38. The molecular weight excluding hydrogens is 330 g/mol. The molecule has 0 radical (unpaired) electrons. The van der Waals surface area contributed by atoms with Crippen molar-refractivity contribution >= 4 is 17.3 Å². The number of para-hydroxylation sites is 1. The van der Waals surface area contributed by atoms with E-state index in [9.17, 15) is 4.79 Å². The number of carbonyl (C=O) groups is 1. The van der Waals surface area contributed by atoms with Gasteiger partial charge in [-0.05, 0) is 49.6 Å².